The molecule has 0 aliphatic carbocycles. The molecule has 5 nitrogen and oxygen atoms in total. The van der Waals surface area contributed by atoms with E-state index in [4.69, 9.17) is 14.2 Å². The summed E-state index contributed by atoms with van der Waals surface area (Å²) in [7, 11) is 1.63. The summed E-state index contributed by atoms with van der Waals surface area (Å²) >= 11 is 0. The molecule has 0 bridgehead atoms. The molecule has 27 heavy (non-hydrogen) atoms. The molecule has 1 amide bonds. The molecule has 2 aromatic carbocycles. The zero-order valence-electron chi connectivity index (χ0n) is 16.6. The van der Waals surface area contributed by atoms with Gasteiger partial charge >= 0.3 is 0 Å². The normalized spacial score (nSPS) is 11.6. The number of carbonyl (C=O) groups excluding carboxylic acids is 1. The minimum absolute atomic E-state index is 0.0790. The number of nitrogens with one attached hydrogen (secondary N) is 1. The van der Waals surface area contributed by atoms with Crippen LogP contribution >= 0.6 is 0 Å². The van der Waals surface area contributed by atoms with E-state index in [-0.39, 0.29) is 11.9 Å². The Morgan fingerprint density at radius 2 is 1.74 bits per heavy atom. The first-order valence-corrected chi connectivity index (χ1v) is 9.40. The van der Waals surface area contributed by atoms with Crippen molar-refractivity contribution in [1.29, 1.82) is 0 Å². The monoisotopic (exact) mass is 371 g/mol. The number of hydrogen-bond donors (Lipinski definition) is 1. The minimum Gasteiger partial charge on any atom is -0.497 e. The van der Waals surface area contributed by atoms with Crippen molar-refractivity contribution in [1.82, 2.24) is 5.32 Å². The van der Waals surface area contributed by atoms with Crippen LogP contribution in [0.4, 0.5) is 0 Å². The molecule has 2 aromatic rings. The van der Waals surface area contributed by atoms with Crippen LogP contribution < -0.4 is 19.5 Å². The molecule has 0 aliphatic rings. The highest BCUT2D eigenvalue weighted by Crippen LogP contribution is 2.24. The van der Waals surface area contributed by atoms with Crippen LogP contribution in [0.2, 0.25) is 0 Å². The van der Waals surface area contributed by atoms with Crippen molar-refractivity contribution in [2.75, 3.05) is 13.7 Å². The van der Waals surface area contributed by atoms with Crippen molar-refractivity contribution >= 4 is 5.91 Å². The van der Waals surface area contributed by atoms with Crippen molar-refractivity contribution in [3.63, 3.8) is 0 Å². The largest absolute Gasteiger partial charge is 0.497 e. The Kier molecular flexibility index (Phi) is 7.99. The third-order valence-corrected chi connectivity index (χ3v) is 4.18. The fraction of sp³-hybridized carbons (Fsp3) is 0.409. The predicted octanol–water partition coefficient (Wildman–Crippen LogP) is 4.59. The molecule has 5 heteroatoms. The van der Waals surface area contributed by atoms with E-state index in [0.29, 0.717) is 18.8 Å². The Hall–Kier alpha value is -2.69. The Morgan fingerprint density at radius 1 is 1.04 bits per heavy atom. The molecule has 146 valence electrons. The molecule has 0 saturated carbocycles. The van der Waals surface area contributed by atoms with Gasteiger partial charge in [0.25, 0.3) is 5.91 Å². The number of amides is 1. The molecule has 0 fully saturated rings. The van der Waals surface area contributed by atoms with E-state index < -0.39 is 0 Å². The van der Waals surface area contributed by atoms with Crippen LogP contribution in [-0.2, 0) is 6.61 Å². The lowest BCUT2D eigenvalue weighted by Crippen LogP contribution is -2.32. The van der Waals surface area contributed by atoms with E-state index in [0.717, 1.165) is 35.7 Å². The number of hydrogen-bond acceptors (Lipinski definition) is 4. The van der Waals surface area contributed by atoms with Gasteiger partial charge in [0.15, 0.2) is 0 Å². The molecule has 0 spiro atoms. The molecule has 0 aliphatic heterocycles. The van der Waals surface area contributed by atoms with Crippen molar-refractivity contribution in [3.8, 4) is 17.2 Å². The summed E-state index contributed by atoms with van der Waals surface area (Å²) in [4.78, 5) is 12.5. The Labute approximate surface area is 161 Å². The van der Waals surface area contributed by atoms with E-state index in [1.165, 1.54) is 0 Å². The maximum atomic E-state index is 12.5. The predicted molar refractivity (Wildman–Crippen MR) is 107 cm³/mol. The lowest BCUT2D eigenvalue weighted by atomic mass is 10.1. The van der Waals surface area contributed by atoms with Gasteiger partial charge < -0.3 is 19.5 Å². The molecule has 1 atom stereocenters. The van der Waals surface area contributed by atoms with Gasteiger partial charge in [-0.3, -0.25) is 4.79 Å². The summed E-state index contributed by atoms with van der Waals surface area (Å²) in [5, 5.41) is 3.03. The Morgan fingerprint density at radius 3 is 2.37 bits per heavy atom. The molecule has 0 unspecified atom stereocenters. The summed E-state index contributed by atoms with van der Waals surface area (Å²) in [5.74, 6) is 2.15. The maximum Gasteiger partial charge on any atom is 0.251 e. The number of benzene rings is 2. The lowest BCUT2D eigenvalue weighted by molar-refractivity contribution is 0.0938. The number of carbonyl (C=O) groups is 1. The van der Waals surface area contributed by atoms with Gasteiger partial charge in [0.2, 0.25) is 0 Å². The third-order valence-electron chi connectivity index (χ3n) is 4.18. The van der Waals surface area contributed by atoms with Gasteiger partial charge in [-0.05, 0) is 62.7 Å². The zero-order chi connectivity index (χ0) is 19.6. The van der Waals surface area contributed by atoms with Crippen molar-refractivity contribution in [2.24, 2.45) is 0 Å². The second-order valence-corrected chi connectivity index (χ2v) is 6.38. The van der Waals surface area contributed by atoms with Gasteiger partial charge in [0.1, 0.15) is 23.9 Å². The van der Waals surface area contributed by atoms with Gasteiger partial charge in [0.05, 0.1) is 13.7 Å². The number of rotatable bonds is 10. The Balaban J connectivity index is 2.12. The highest BCUT2D eigenvalue weighted by atomic mass is 16.5. The van der Waals surface area contributed by atoms with Gasteiger partial charge in [-0.1, -0.05) is 13.3 Å². The molecular formula is C22H29NO4. The molecule has 2 rings (SSSR count). The average Bonchev–Trinajstić information content (AvgIpc) is 2.68. The van der Waals surface area contributed by atoms with Crippen LogP contribution in [0.1, 0.15) is 49.5 Å². The van der Waals surface area contributed by atoms with Crippen LogP contribution in [0.3, 0.4) is 0 Å². The van der Waals surface area contributed by atoms with Gasteiger partial charge in [-0.15, -0.1) is 0 Å². The summed E-state index contributed by atoms with van der Waals surface area (Å²) in [6, 6.07) is 13.0. The summed E-state index contributed by atoms with van der Waals surface area (Å²) in [5.41, 5.74) is 1.44. The van der Waals surface area contributed by atoms with Crippen LogP contribution in [-0.4, -0.2) is 25.7 Å². The molecule has 1 N–H and O–H groups in total. The quantitative estimate of drug-likeness (QED) is 0.664. The van der Waals surface area contributed by atoms with Gasteiger partial charge in [0, 0.05) is 17.2 Å². The van der Waals surface area contributed by atoms with Crippen molar-refractivity contribution in [3.05, 3.63) is 53.6 Å². The summed E-state index contributed by atoms with van der Waals surface area (Å²) < 4.78 is 16.7. The first-order valence-electron chi connectivity index (χ1n) is 9.40. The standard InChI is InChI=1S/C22H29NO4/c1-5-7-16(3)23-22(24)17-8-13-21(26-6-2)18(14-17)15-27-20-11-9-19(25-4)10-12-20/h8-14,16H,5-7,15H2,1-4H3,(H,23,24)/t16-/m1/s1. The van der Waals surface area contributed by atoms with E-state index in [2.05, 4.69) is 12.2 Å². The number of ether oxygens (including phenoxy) is 3. The topological polar surface area (TPSA) is 56.8 Å². The maximum absolute atomic E-state index is 12.5. The second-order valence-electron chi connectivity index (χ2n) is 6.38. The van der Waals surface area contributed by atoms with E-state index in [1.807, 2.05) is 50.2 Å². The van der Waals surface area contributed by atoms with E-state index >= 15 is 0 Å². The van der Waals surface area contributed by atoms with Crippen LogP contribution in [0, 0.1) is 0 Å². The van der Waals surface area contributed by atoms with E-state index in [9.17, 15) is 4.79 Å². The van der Waals surface area contributed by atoms with Crippen LogP contribution in [0.25, 0.3) is 0 Å². The van der Waals surface area contributed by atoms with Crippen LogP contribution in [0.15, 0.2) is 42.5 Å². The summed E-state index contributed by atoms with van der Waals surface area (Å²) in [6.07, 6.45) is 1.99. The summed E-state index contributed by atoms with van der Waals surface area (Å²) in [6.45, 7) is 6.92. The number of methoxy groups -OCH3 is 1. The third kappa shape index (κ3) is 6.20. The molecule has 0 radical (unpaired) electrons. The second kappa shape index (κ2) is 10.5. The molecule has 0 saturated heterocycles. The van der Waals surface area contributed by atoms with Crippen LogP contribution in [0.5, 0.6) is 17.2 Å². The lowest BCUT2D eigenvalue weighted by Gasteiger charge is -2.15. The molecular weight excluding hydrogens is 342 g/mol. The first-order chi connectivity index (χ1) is 13.1. The molecule has 0 aromatic heterocycles. The fourth-order valence-electron chi connectivity index (χ4n) is 2.78. The zero-order valence-corrected chi connectivity index (χ0v) is 16.6. The molecule has 0 heterocycles. The fourth-order valence-corrected chi connectivity index (χ4v) is 2.78. The smallest absolute Gasteiger partial charge is 0.251 e. The highest BCUT2D eigenvalue weighted by molar-refractivity contribution is 5.94. The average molecular weight is 371 g/mol. The van der Waals surface area contributed by atoms with Crippen molar-refractivity contribution < 1.29 is 19.0 Å². The SMILES string of the molecule is CCC[C@@H](C)NC(=O)c1ccc(OCC)c(COc2ccc(OC)cc2)c1. The first kappa shape index (κ1) is 20.6. The Bertz CT molecular complexity index is 728. The minimum atomic E-state index is -0.0790. The van der Waals surface area contributed by atoms with Gasteiger partial charge in [-0.25, -0.2) is 0 Å². The van der Waals surface area contributed by atoms with Gasteiger partial charge in [-0.2, -0.15) is 0 Å². The highest BCUT2D eigenvalue weighted by Gasteiger charge is 2.13. The van der Waals surface area contributed by atoms with Crippen molar-refractivity contribution in [2.45, 2.75) is 46.3 Å². The van der Waals surface area contributed by atoms with E-state index in [1.54, 1.807) is 13.2 Å².